The predicted octanol–water partition coefficient (Wildman–Crippen LogP) is 0.783. The molecule has 1 N–H and O–H groups in total. The van der Waals surface area contributed by atoms with Crippen LogP contribution in [0.5, 0.6) is 0 Å². The maximum absolute atomic E-state index is 11.8. The van der Waals surface area contributed by atoms with Crippen molar-refractivity contribution in [1.29, 1.82) is 0 Å². The highest BCUT2D eigenvalue weighted by atomic mass is 16.5. The lowest BCUT2D eigenvalue weighted by atomic mass is 10.1. The summed E-state index contributed by atoms with van der Waals surface area (Å²) < 4.78 is 7.46. The number of piperidine rings is 1. The molecule has 1 aromatic heterocycles. The van der Waals surface area contributed by atoms with E-state index in [1.54, 1.807) is 6.20 Å². The SMILES string of the molecule is CCn1cc(CC(=O)COC2CCNCC2)cn1. The Morgan fingerprint density at radius 3 is 3.00 bits per heavy atom. The second-order valence-electron chi connectivity index (χ2n) is 4.68. The molecule has 1 saturated heterocycles. The molecule has 0 bridgehead atoms. The molecule has 18 heavy (non-hydrogen) atoms. The summed E-state index contributed by atoms with van der Waals surface area (Å²) in [6.45, 7) is 5.06. The van der Waals surface area contributed by atoms with E-state index in [0.717, 1.165) is 38.0 Å². The maximum atomic E-state index is 11.8. The molecule has 0 aliphatic carbocycles. The molecule has 1 aromatic rings. The molecule has 2 heterocycles. The average Bonchev–Trinajstić information content (AvgIpc) is 2.85. The lowest BCUT2D eigenvalue weighted by Gasteiger charge is -2.22. The minimum Gasteiger partial charge on any atom is -0.370 e. The molecule has 0 aromatic carbocycles. The average molecular weight is 251 g/mol. The van der Waals surface area contributed by atoms with E-state index in [-0.39, 0.29) is 18.5 Å². The Morgan fingerprint density at radius 1 is 1.56 bits per heavy atom. The summed E-state index contributed by atoms with van der Waals surface area (Å²) in [7, 11) is 0. The van der Waals surface area contributed by atoms with Crippen molar-refractivity contribution in [2.75, 3.05) is 19.7 Å². The number of ether oxygens (including phenoxy) is 1. The second-order valence-corrected chi connectivity index (χ2v) is 4.68. The molecule has 0 radical (unpaired) electrons. The summed E-state index contributed by atoms with van der Waals surface area (Å²) in [4.78, 5) is 11.8. The molecule has 2 rings (SSSR count). The standard InChI is InChI=1S/C13H21N3O2/c1-2-16-9-11(8-15-16)7-12(17)10-18-13-3-5-14-6-4-13/h8-9,13-14H,2-7,10H2,1H3. The third-order valence-corrected chi connectivity index (χ3v) is 3.18. The van der Waals surface area contributed by atoms with E-state index in [1.807, 2.05) is 17.8 Å². The number of nitrogens with zero attached hydrogens (tertiary/aromatic N) is 2. The highest BCUT2D eigenvalue weighted by Crippen LogP contribution is 2.07. The van der Waals surface area contributed by atoms with Crippen molar-refractivity contribution in [2.24, 2.45) is 0 Å². The van der Waals surface area contributed by atoms with Gasteiger partial charge in [-0.15, -0.1) is 0 Å². The van der Waals surface area contributed by atoms with Gasteiger partial charge in [0.25, 0.3) is 0 Å². The molecule has 1 fully saturated rings. The minimum atomic E-state index is 0.129. The Balaban J connectivity index is 1.71. The van der Waals surface area contributed by atoms with E-state index < -0.39 is 0 Å². The molecule has 1 aliphatic rings. The van der Waals surface area contributed by atoms with Crippen LogP contribution < -0.4 is 5.32 Å². The first-order valence-corrected chi connectivity index (χ1v) is 6.63. The third-order valence-electron chi connectivity index (χ3n) is 3.18. The van der Waals surface area contributed by atoms with Crippen LogP contribution in [0.3, 0.4) is 0 Å². The summed E-state index contributed by atoms with van der Waals surface area (Å²) in [5.74, 6) is 0.129. The van der Waals surface area contributed by atoms with E-state index in [1.165, 1.54) is 0 Å². The summed E-state index contributed by atoms with van der Waals surface area (Å²) in [6, 6.07) is 0. The number of aryl methyl sites for hydroxylation is 1. The second kappa shape index (κ2) is 6.66. The van der Waals surface area contributed by atoms with Gasteiger partial charge >= 0.3 is 0 Å². The van der Waals surface area contributed by atoms with Crippen molar-refractivity contribution in [1.82, 2.24) is 15.1 Å². The van der Waals surface area contributed by atoms with Gasteiger partial charge in [-0.2, -0.15) is 5.10 Å². The lowest BCUT2D eigenvalue weighted by Crippen LogP contribution is -2.33. The topological polar surface area (TPSA) is 56.1 Å². The number of aromatic nitrogens is 2. The molecule has 1 aliphatic heterocycles. The van der Waals surface area contributed by atoms with Crippen LogP contribution in [0, 0.1) is 0 Å². The Labute approximate surface area is 108 Å². The Kier molecular flexibility index (Phi) is 4.90. The normalized spacial score (nSPS) is 16.9. The van der Waals surface area contributed by atoms with Crippen molar-refractivity contribution in [3.63, 3.8) is 0 Å². The van der Waals surface area contributed by atoms with Crippen LogP contribution >= 0.6 is 0 Å². The molecular weight excluding hydrogens is 230 g/mol. The first kappa shape index (κ1) is 13.2. The quantitative estimate of drug-likeness (QED) is 0.812. The van der Waals surface area contributed by atoms with Crippen molar-refractivity contribution in [2.45, 2.75) is 38.8 Å². The van der Waals surface area contributed by atoms with Gasteiger partial charge in [-0.3, -0.25) is 9.48 Å². The van der Waals surface area contributed by atoms with Gasteiger partial charge in [0.15, 0.2) is 5.78 Å². The molecule has 5 nitrogen and oxygen atoms in total. The van der Waals surface area contributed by atoms with Gasteiger partial charge in [0, 0.05) is 19.2 Å². The van der Waals surface area contributed by atoms with Gasteiger partial charge in [0.05, 0.1) is 12.3 Å². The van der Waals surface area contributed by atoms with Crippen LogP contribution in [-0.2, 0) is 22.5 Å². The predicted molar refractivity (Wildman–Crippen MR) is 68.5 cm³/mol. The van der Waals surface area contributed by atoms with Gasteiger partial charge in [-0.25, -0.2) is 0 Å². The third kappa shape index (κ3) is 3.92. The van der Waals surface area contributed by atoms with Crippen LogP contribution in [-0.4, -0.2) is 41.4 Å². The lowest BCUT2D eigenvalue weighted by molar-refractivity contribution is -0.125. The maximum Gasteiger partial charge on any atom is 0.162 e. The number of rotatable bonds is 6. The number of ketones is 1. The van der Waals surface area contributed by atoms with E-state index in [9.17, 15) is 4.79 Å². The molecule has 5 heteroatoms. The fourth-order valence-corrected chi connectivity index (χ4v) is 2.12. The van der Waals surface area contributed by atoms with Crippen molar-refractivity contribution < 1.29 is 9.53 Å². The van der Waals surface area contributed by atoms with Crippen molar-refractivity contribution in [3.05, 3.63) is 18.0 Å². The van der Waals surface area contributed by atoms with Crippen LogP contribution in [0.1, 0.15) is 25.3 Å². The number of hydrogen-bond acceptors (Lipinski definition) is 4. The summed E-state index contributed by atoms with van der Waals surface area (Å²) >= 11 is 0. The molecule has 100 valence electrons. The molecule has 0 spiro atoms. The number of hydrogen-bond donors (Lipinski definition) is 1. The Hall–Kier alpha value is -1.20. The fourth-order valence-electron chi connectivity index (χ4n) is 2.12. The van der Waals surface area contributed by atoms with Gasteiger partial charge in [-0.05, 0) is 38.4 Å². The zero-order chi connectivity index (χ0) is 12.8. The molecule has 0 unspecified atom stereocenters. The van der Waals surface area contributed by atoms with E-state index in [2.05, 4.69) is 10.4 Å². The first-order valence-electron chi connectivity index (χ1n) is 6.63. The fraction of sp³-hybridized carbons (Fsp3) is 0.692. The van der Waals surface area contributed by atoms with Gasteiger partial charge in [0.1, 0.15) is 6.61 Å². The highest BCUT2D eigenvalue weighted by Gasteiger charge is 2.15. The van der Waals surface area contributed by atoms with Gasteiger partial charge in [-0.1, -0.05) is 0 Å². The summed E-state index contributed by atoms with van der Waals surface area (Å²) in [6.07, 6.45) is 6.34. The van der Waals surface area contributed by atoms with Crippen molar-refractivity contribution in [3.8, 4) is 0 Å². The minimum absolute atomic E-state index is 0.129. The van der Waals surface area contributed by atoms with Crippen LogP contribution in [0.4, 0.5) is 0 Å². The monoisotopic (exact) mass is 251 g/mol. The van der Waals surface area contributed by atoms with Crippen LogP contribution in [0.15, 0.2) is 12.4 Å². The highest BCUT2D eigenvalue weighted by molar-refractivity contribution is 5.81. The Bertz CT molecular complexity index is 383. The van der Waals surface area contributed by atoms with Gasteiger partial charge in [0.2, 0.25) is 0 Å². The molecule has 0 atom stereocenters. The first-order chi connectivity index (χ1) is 8.78. The zero-order valence-corrected chi connectivity index (χ0v) is 10.9. The molecule has 0 saturated carbocycles. The number of carbonyl (C=O) groups excluding carboxylic acids is 1. The number of carbonyl (C=O) groups is 1. The van der Waals surface area contributed by atoms with E-state index >= 15 is 0 Å². The summed E-state index contributed by atoms with van der Waals surface area (Å²) in [5.41, 5.74) is 0.968. The largest absolute Gasteiger partial charge is 0.370 e. The van der Waals surface area contributed by atoms with E-state index in [0.29, 0.717) is 6.42 Å². The van der Waals surface area contributed by atoms with Gasteiger partial charge < -0.3 is 10.1 Å². The molecule has 0 amide bonds. The summed E-state index contributed by atoms with van der Waals surface area (Å²) in [5, 5.41) is 7.43. The Morgan fingerprint density at radius 2 is 2.33 bits per heavy atom. The van der Waals surface area contributed by atoms with E-state index in [4.69, 9.17) is 4.74 Å². The van der Waals surface area contributed by atoms with Crippen LogP contribution in [0.2, 0.25) is 0 Å². The smallest absolute Gasteiger partial charge is 0.162 e. The zero-order valence-electron chi connectivity index (χ0n) is 10.9. The number of nitrogens with one attached hydrogen (secondary N) is 1. The van der Waals surface area contributed by atoms with Crippen molar-refractivity contribution >= 4 is 5.78 Å². The molecular formula is C13H21N3O2. The van der Waals surface area contributed by atoms with Crippen LogP contribution in [0.25, 0.3) is 0 Å². The number of Topliss-reactive ketones (excluding diaryl/α,β-unsaturated/α-hetero) is 1.